The number of benzene rings is 1. The summed E-state index contributed by atoms with van der Waals surface area (Å²) in [6.07, 6.45) is 4.89. The van der Waals surface area contributed by atoms with Gasteiger partial charge in [0, 0.05) is 42.6 Å². The molecule has 1 aliphatic heterocycles. The second kappa shape index (κ2) is 7.31. The van der Waals surface area contributed by atoms with Gasteiger partial charge in [0.1, 0.15) is 17.5 Å². The van der Waals surface area contributed by atoms with Crippen molar-refractivity contribution in [3.05, 3.63) is 30.0 Å². The number of aromatic amines is 1. The van der Waals surface area contributed by atoms with Crippen molar-refractivity contribution < 1.29 is 9.53 Å². The third-order valence-corrected chi connectivity index (χ3v) is 5.60. The van der Waals surface area contributed by atoms with Gasteiger partial charge in [0.25, 0.3) is 5.91 Å². The summed E-state index contributed by atoms with van der Waals surface area (Å²) >= 11 is 0. The van der Waals surface area contributed by atoms with Gasteiger partial charge >= 0.3 is 0 Å². The Balaban J connectivity index is 1.38. The molecule has 0 atom stereocenters. The van der Waals surface area contributed by atoms with Crippen LogP contribution in [0.3, 0.4) is 0 Å². The number of fused-ring (bicyclic) bond motifs is 1. The molecule has 1 aromatic carbocycles. The van der Waals surface area contributed by atoms with E-state index in [9.17, 15) is 4.79 Å². The molecule has 1 aromatic heterocycles. The Kier molecular flexibility index (Phi) is 4.90. The molecule has 4 rings (SSSR count). The number of H-pyrrole nitrogens is 1. The van der Waals surface area contributed by atoms with E-state index in [-0.39, 0.29) is 12.0 Å². The molecule has 1 saturated heterocycles. The van der Waals surface area contributed by atoms with Crippen LogP contribution in [0.1, 0.15) is 50.0 Å². The van der Waals surface area contributed by atoms with Gasteiger partial charge in [0.2, 0.25) is 0 Å². The van der Waals surface area contributed by atoms with Crippen molar-refractivity contribution >= 4 is 16.8 Å². The third-order valence-electron chi connectivity index (χ3n) is 5.60. The van der Waals surface area contributed by atoms with E-state index in [1.165, 1.54) is 12.8 Å². The van der Waals surface area contributed by atoms with E-state index in [0.717, 1.165) is 49.1 Å². The average molecular weight is 355 g/mol. The lowest BCUT2D eigenvalue weighted by Gasteiger charge is -2.34. The Morgan fingerprint density at radius 2 is 2.00 bits per heavy atom. The summed E-state index contributed by atoms with van der Waals surface area (Å²) in [6.45, 7) is 7.48. The van der Waals surface area contributed by atoms with Crippen LogP contribution >= 0.6 is 0 Å². The van der Waals surface area contributed by atoms with Gasteiger partial charge in [-0.2, -0.15) is 0 Å². The van der Waals surface area contributed by atoms with Crippen molar-refractivity contribution in [2.45, 2.75) is 51.7 Å². The van der Waals surface area contributed by atoms with Gasteiger partial charge in [-0.25, -0.2) is 0 Å². The number of carbonyl (C=O) groups is 1. The van der Waals surface area contributed by atoms with Crippen molar-refractivity contribution in [1.29, 1.82) is 0 Å². The highest BCUT2D eigenvalue weighted by Crippen LogP contribution is 2.28. The molecule has 1 aliphatic carbocycles. The number of nitrogens with zero attached hydrogens (tertiary/aromatic N) is 1. The highest BCUT2D eigenvalue weighted by atomic mass is 16.5. The van der Waals surface area contributed by atoms with Gasteiger partial charge in [-0.15, -0.1) is 0 Å². The van der Waals surface area contributed by atoms with Gasteiger partial charge in [-0.1, -0.05) is 0 Å². The number of rotatable bonds is 6. The summed E-state index contributed by atoms with van der Waals surface area (Å²) in [4.78, 5) is 18.0. The van der Waals surface area contributed by atoms with E-state index in [1.54, 1.807) is 0 Å². The molecule has 0 spiro atoms. The Morgan fingerprint density at radius 1 is 1.23 bits per heavy atom. The maximum absolute atomic E-state index is 12.3. The summed E-state index contributed by atoms with van der Waals surface area (Å²) in [5.41, 5.74) is 1.58. The fraction of sp³-hybridized carbons (Fsp3) is 0.571. The van der Waals surface area contributed by atoms with Crippen molar-refractivity contribution in [3.8, 4) is 5.75 Å². The van der Waals surface area contributed by atoms with E-state index in [2.05, 4.69) is 29.0 Å². The summed E-state index contributed by atoms with van der Waals surface area (Å²) < 4.78 is 6.20. The monoisotopic (exact) mass is 355 g/mol. The quantitative estimate of drug-likeness (QED) is 0.833. The first kappa shape index (κ1) is 17.4. The first-order valence-corrected chi connectivity index (χ1v) is 9.90. The molecule has 2 aromatic rings. The van der Waals surface area contributed by atoms with E-state index < -0.39 is 0 Å². The normalized spacial score (nSPS) is 19.2. The number of hydrogen-bond donors (Lipinski definition) is 2. The predicted octanol–water partition coefficient (Wildman–Crippen LogP) is 3.56. The summed E-state index contributed by atoms with van der Waals surface area (Å²) in [7, 11) is 0. The van der Waals surface area contributed by atoms with Gasteiger partial charge in [-0.3, -0.25) is 4.79 Å². The molecule has 0 radical (unpaired) electrons. The minimum absolute atomic E-state index is 0.0170. The van der Waals surface area contributed by atoms with Crippen LogP contribution in [0.15, 0.2) is 24.3 Å². The summed E-state index contributed by atoms with van der Waals surface area (Å²) in [5, 5.41) is 4.05. The molecule has 5 heteroatoms. The molecule has 1 amide bonds. The van der Waals surface area contributed by atoms with Crippen LogP contribution in [-0.2, 0) is 0 Å². The number of carbonyl (C=O) groups excluding carboxylic acids is 1. The summed E-state index contributed by atoms with van der Waals surface area (Å²) in [5.74, 6) is 1.55. The fourth-order valence-electron chi connectivity index (χ4n) is 3.66. The lowest BCUT2D eigenvalue weighted by molar-refractivity contribution is 0.0844. The second-order valence-corrected chi connectivity index (χ2v) is 8.03. The predicted molar refractivity (Wildman–Crippen MR) is 104 cm³/mol. The molecule has 2 heterocycles. The Hall–Kier alpha value is -2.01. The number of nitrogens with one attached hydrogen (secondary N) is 2. The first-order chi connectivity index (χ1) is 12.6. The standard InChI is InChI=1S/C21H29N3O2/c1-14(2)24-9-7-17(8-10-24)26-18-6-5-16-11-20(23-19(16)12-18)21(25)22-13-15-3-4-15/h5-6,11-12,14-15,17,23H,3-4,7-10,13H2,1-2H3,(H,22,25). The molecule has 2 N–H and O–H groups in total. The summed E-state index contributed by atoms with van der Waals surface area (Å²) in [6, 6.07) is 8.58. The van der Waals surface area contributed by atoms with Gasteiger partial charge in [0.05, 0.1) is 0 Å². The van der Waals surface area contributed by atoms with E-state index in [4.69, 9.17) is 4.74 Å². The number of likely N-dealkylation sites (tertiary alicyclic amines) is 1. The SMILES string of the molecule is CC(C)N1CCC(Oc2ccc3cc(C(=O)NCC4CC4)[nH]c3c2)CC1. The average Bonchev–Trinajstić information content (AvgIpc) is 3.37. The zero-order valence-corrected chi connectivity index (χ0v) is 15.8. The van der Waals surface area contributed by atoms with Gasteiger partial charge in [0.15, 0.2) is 0 Å². The van der Waals surface area contributed by atoms with Crippen LogP contribution in [0.4, 0.5) is 0 Å². The number of piperidine rings is 1. The molecule has 5 nitrogen and oxygen atoms in total. The Labute approximate surface area is 155 Å². The highest BCUT2D eigenvalue weighted by molar-refractivity contribution is 5.98. The molecule has 140 valence electrons. The zero-order valence-electron chi connectivity index (χ0n) is 15.8. The maximum Gasteiger partial charge on any atom is 0.267 e. The molecular weight excluding hydrogens is 326 g/mol. The van der Waals surface area contributed by atoms with E-state index in [1.807, 2.05) is 24.3 Å². The van der Waals surface area contributed by atoms with Crippen molar-refractivity contribution in [2.24, 2.45) is 5.92 Å². The minimum atomic E-state index is -0.0170. The maximum atomic E-state index is 12.3. The van der Waals surface area contributed by atoms with Crippen molar-refractivity contribution in [1.82, 2.24) is 15.2 Å². The molecule has 2 fully saturated rings. The van der Waals surface area contributed by atoms with Crippen LogP contribution in [-0.4, -0.2) is 47.6 Å². The minimum Gasteiger partial charge on any atom is -0.490 e. The Morgan fingerprint density at radius 3 is 2.69 bits per heavy atom. The number of amides is 1. The number of aromatic nitrogens is 1. The number of hydrogen-bond acceptors (Lipinski definition) is 3. The third kappa shape index (κ3) is 4.04. The highest BCUT2D eigenvalue weighted by Gasteiger charge is 2.23. The second-order valence-electron chi connectivity index (χ2n) is 8.03. The van der Waals surface area contributed by atoms with Crippen LogP contribution in [0, 0.1) is 5.92 Å². The molecular formula is C21H29N3O2. The molecule has 1 saturated carbocycles. The van der Waals surface area contributed by atoms with E-state index in [0.29, 0.717) is 17.7 Å². The smallest absolute Gasteiger partial charge is 0.267 e. The van der Waals surface area contributed by atoms with Crippen LogP contribution < -0.4 is 10.1 Å². The molecule has 0 bridgehead atoms. The lowest BCUT2D eigenvalue weighted by Crippen LogP contribution is -2.41. The molecule has 26 heavy (non-hydrogen) atoms. The lowest BCUT2D eigenvalue weighted by atomic mass is 10.1. The fourth-order valence-corrected chi connectivity index (χ4v) is 3.66. The molecule has 0 unspecified atom stereocenters. The van der Waals surface area contributed by atoms with Crippen LogP contribution in [0.2, 0.25) is 0 Å². The van der Waals surface area contributed by atoms with Gasteiger partial charge in [-0.05, 0) is 63.6 Å². The number of ether oxygens (including phenoxy) is 1. The topological polar surface area (TPSA) is 57.4 Å². The molecule has 2 aliphatic rings. The van der Waals surface area contributed by atoms with E-state index >= 15 is 0 Å². The van der Waals surface area contributed by atoms with Gasteiger partial charge < -0.3 is 19.9 Å². The van der Waals surface area contributed by atoms with Crippen LogP contribution in [0.25, 0.3) is 10.9 Å². The largest absolute Gasteiger partial charge is 0.490 e. The van der Waals surface area contributed by atoms with Crippen LogP contribution in [0.5, 0.6) is 5.75 Å². The van der Waals surface area contributed by atoms with Crippen molar-refractivity contribution in [3.63, 3.8) is 0 Å². The van der Waals surface area contributed by atoms with Crippen molar-refractivity contribution in [2.75, 3.05) is 19.6 Å². The Bertz CT molecular complexity index is 771. The zero-order chi connectivity index (χ0) is 18.1. The first-order valence-electron chi connectivity index (χ1n) is 9.90.